The molecule has 108 valence electrons. The smallest absolute Gasteiger partial charge is 0.248 e. The lowest BCUT2D eigenvalue weighted by Gasteiger charge is -2.02. The van der Waals surface area contributed by atoms with E-state index < -0.39 is 6.04 Å². The Hall–Kier alpha value is -2.54. The first-order chi connectivity index (χ1) is 10.0. The molecule has 2 heterocycles. The van der Waals surface area contributed by atoms with Gasteiger partial charge < -0.3 is 10.3 Å². The number of nitrogens with two attached hydrogens (primary N) is 1. The molecule has 0 fully saturated rings. The van der Waals surface area contributed by atoms with Crippen LogP contribution < -0.4 is 5.73 Å². The van der Waals surface area contributed by atoms with Gasteiger partial charge in [-0.2, -0.15) is 10.1 Å². The number of nitrogens with zero attached hydrogens (tertiary/aromatic N) is 4. The van der Waals surface area contributed by atoms with Crippen molar-refractivity contribution in [3.8, 4) is 11.4 Å². The molecule has 0 spiro atoms. The molecule has 3 aromatic rings. The van der Waals surface area contributed by atoms with Gasteiger partial charge in [0.05, 0.1) is 6.20 Å². The third-order valence-corrected chi connectivity index (χ3v) is 3.23. The van der Waals surface area contributed by atoms with E-state index in [1.54, 1.807) is 30.2 Å². The zero-order valence-corrected chi connectivity index (χ0v) is 11.6. The average molecular weight is 287 g/mol. The monoisotopic (exact) mass is 287 g/mol. The van der Waals surface area contributed by atoms with Gasteiger partial charge in [0.15, 0.2) is 0 Å². The Kier molecular flexibility index (Phi) is 3.26. The lowest BCUT2D eigenvalue weighted by atomic mass is 10.1. The Bertz CT molecular complexity index is 779. The van der Waals surface area contributed by atoms with Crippen molar-refractivity contribution in [2.24, 2.45) is 12.8 Å². The molecule has 2 N–H and O–H groups in total. The fourth-order valence-electron chi connectivity index (χ4n) is 2.05. The van der Waals surface area contributed by atoms with Crippen molar-refractivity contribution in [2.75, 3.05) is 0 Å². The molecule has 0 radical (unpaired) electrons. The van der Waals surface area contributed by atoms with E-state index in [-0.39, 0.29) is 11.7 Å². The van der Waals surface area contributed by atoms with E-state index in [0.717, 1.165) is 11.1 Å². The minimum absolute atomic E-state index is 0.265. The Morgan fingerprint density at radius 1 is 1.38 bits per heavy atom. The molecule has 1 aromatic carbocycles. The summed E-state index contributed by atoms with van der Waals surface area (Å²) in [6, 6.07) is 3.87. The van der Waals surface area contributed by atoms with E-state index in [1.807, 2.05) is 6.92 Å². The molecule has 0 saturated heterocycles. The van der Waals surface area contributed by atoms with Gasteiger partial charge in [0.1, 0.15) is 11.9 Å². The first kappa shape index (κ1) is 13.4. The Morgan fingerprint density at radius 2 is 2.19 bits per heavy atom. The minimum Gasteiger partial charge on any atom is -0.337 e. The normalized spacial score (nSPS) is 12.6. The van der Waals surface area contributed by atoms with Gasteiger partial charge in [-0.3, -0.25) is 4.68 Å². The van der Waals surface area contributed by atoms with Gasteiger partial charge in [-0.15, -0.1) is 0 Å². The fourth-order valence-corrected chi connectivity index (χ4v) is 2.05. The summed E-state index contributed by atoms with van der Waals surface area (Å²) in [5.41, 5.74) is 8.28. The van der Waals surface area contributed by atoms with Gasteiger partial charge in [0.2, 0.25) is 11.7 Å². The summed E-state index contributed by atoms with van der Waals surface area (Å²) >= 11 is 0. The second-order valence-corrected chi connectivity index (χ2v) is 4.84. The Morgan fingerprint density at radius 3 is 2.90 bits per heavy atom. The zero-order valence-electron chi connectivity index (χ0n) is 11.6. The lowest BCUT2D eigenvalue weighted by Crippen LogP contribution is -2.11. The molecule has 21 heavy (non-hydrogen) atoms. The summed E-state index contributed by atoms with van der Waals surface area (Å²) in [6.45, 7) is 1.85. The third kappa shape index (κ3) is 2.55. The van der Waals surface area contributed by atoms with Crippen LogP contribution in [0.4, 0.5) is 4.39 Å². The van der Waals surface area contributed by atoms with Gasteiger partial charge in [-0.25, -0.2) is 4.39 Å². The second kappa shape index (κ2) is 5.10. The third-order valence-electron chi connectivity index (χ3n) is 3.23. The van der Waals surface area contributed by atoms with Crippen molar-refractivity contribution < 1.29 is 8.91 Å². The zero-order chi connectivity index (χ0) is 15.0. The van der Waals surface area contributed by atoms with Gasteiger partial charge >= 0.3 is 0 Å². The molecular formula is C14H14FN5O. The van der Waals surface area contributed by atoms with Crippen LogP contribution in [-0.2, 0) is 7.05 Å². The predicted molar refractivity (Wildman–Crippen MR) is 73.7 cm³/mol. The summed E-state index contributed by atoms with van der Waals surface area (Å²) in [4.78, 5) is 4.26. The van der Waals surface area contributed by atoms with E-state index in [2.05, 4.69) is 15.2 Å². The van der Waals surface area contributed by atoms with Crippen LogP contribution >= 0.6 is 0 Å². The largest absolute Gasteiger partial charge is 0.337 e. The highest BCUT2D eigenvalue weighted by Gasteiger charge is 2.19. The molecule has 6 nitrogen and oxygen atoms in total. The molecule has 7 heteroatoms. The first-order valence-corrected chi connectivity index (χ1v) is 6.39. The van der Waals surface area contributed by atoms with Crippen LogP contribution in [0.1, 0.15) is 23.1 Å². The molecule has 0 aliphatic rings. The van der Waals surface area contributed by atoms with E-state index in [0.29, 0.717) is 11.4 Å². The maximum Gasteiger partial charge on any atom is 0.248 e. The van der Waals surface area contributed by atoms with E-state index in [4.69, 9.17) is 10.3 Å². The number of benzene rings is 1. The van der Waals surface area contributed by atoms with Crippen LogP contribution in [0.25, 0.3) is 11.4 Å². The summed E-state index contributed by atoms with van der Waals surface area (Å²) in [7, 11) is 1.80. The SMILES string of the molecule is Cc1ccc(F)cc1-c1noc(C(N)c2cnn(C)c2)n1. The van der Waals surface area contributed by atoms with Gasteiger partial charge in [0.25, 0.3) is 0 Å². The number of aryl methyl sites for hydroxylation is 2. The molecule has 0 aliphatic heterocycles. The molecule has 1 atom stereocenters. The standard InChI is InChI=1S/C14H14FN5O/c1-8-3-4-10(15)5-11(8)13-18-14(21-19-13)12(16)9-6-17-20(2)7-9/h3-7,12H,16H2,1-2H3. The Balaban J connectivity index is 1.94. The van der Waals surface area contributed by atoms with Crippen molar-refractivity contribution >= 4 is 0 Å². The highest BCUT2D eigenvalue weighted by Crippen LogP contribution is 2.24. The van der Waals surface area contributed by atoms with Crippen molar-refractivity contribution in [3.63, 3.8) is 0 Å². The van der Waals surface area contributed by atoms with Crippen LogP contribution in [0.15, 0.2) is 35.1 Å². The predicted octanol–water partition coefficient (Wildman–Crippen LogP) is 1.97. The summed E-state index contributed by atoms with van der Waals surface area (Å²) < 4.78 is 20.2. The average Bonchev–Trinajstić information content (AvgIpc) is 3.10. The van der Waals surface area contributed by atoms with Crippen molar-refractivity contribution in [1.29, 1.82) is 0 Å². The highest BCUT2D eigenvalue weighted by atomic mass is 19.1. The lowest BCUT2D eigenvalue weighted by molar-refractivity contribution is 0.367. The first-order valence-electron chi connectivity index (χ1n) is 6.39. The minimum atomic E-state index is -0.561. The van der Waals surface area contributed by atoms with E-state index in [1.165, 1.54) is 12.1 Å². The molecule has 3 rings (SSSR count). The quantitative estimate of drug-likeness (QED) is 0.796. The second-order valence-electron chi connectivity index (χ2n) is 4.84. The van der Waals surface area contributed by atoms with E-state index >= 15 is 0 Å². The van der Waals surface area contributed by atoms with E-state index in [9.17, 15) is 4.39 Å². The van der Waals surface area contributed by atoms with Crippen molar-refractivity contribution in [1.82, 2.24) is 19.9 Å². The number of aromatic nitrogens is 4. The number of hydrogen-bond donors (Lipinski definition) is 1. The van der Waals surface area contributed by atoms with Crippen LogP contribution in [0.5, 0.6) is 0 Å². The van der Waals surface area contributed by atoms with Gasteiger partial charge in [-0.1, -0.05) is 11.2 Å². The maximum atomic E-state index is 13.3. The summed E-state index contributed by atoms with van der Waals surface area (Å²) in [5.74, 6) is 0.238. The van der Waals surface area contributed by atoms with Crippen molar-refractivity contribution in [3.05, 3.63) is 53.4 Å². The molecular weight excluding hydrogens is 273 g/mol. The van der Waals surface area contributed by atoms with Crippen molar-refractivity contribution in [2.45, 2.75) is 13.0 Å². The number of hydrogen-bond acceptors (Lipinski definition) is 5. The fraction of sp³-hybridized carbons (Fsp3) is 0.214. The van der Waals surface area contributed by atoms with Crippen LogP contribution in [0.3, 0.4) is 0 Å². The van der Waals surface area contributed by atoms with Gasteiger partial charge in [0, 0.05) is 24.4 Å². The Labute approximate surface area is 120 Å². The molecule has 0 saturated carbocycles. The maximum absolute atomic E-state index is 13.3. The molecule has 2 aromatic heterocycles. The molecule has 1 unspecified atom stereocenters. The van der Waals surface area contributed by atoms with Crippen LogP contribution in [0, 0.1) is 12.7 Å². The number of halogens is 1. The molecule has 0 aliphatic carbocycles. The van der Waals surface area contributed by atoms with Crippen LogP contribution in [0.2, 0.25) is 0 Å². The van der Waals surface area contributed by atoms with Crippen LogP contribution in [-0.4, -0.2) is 19.9 Å². The topological polar surface area (TPSA) is 82.8 Å². The number of rotatable bonds is 3. The molecule has 0 amide bonds. The molecule has 0 bridgehead atoms. The summed E-state index contributed by atoms with van der Waals surface area (Å²) in [6.07, 6.45) is 3.42. The summed E-state index contributed by atoms with van der Waals surface area (Å²) in [5, 5.41) is 7.93. The highest BCUT2D eigenvalue weighted by molar-refractivity contribution is 5.59. The van der Waals surface area contributed by atoms with Gasteiger partial charge in [-0.05, 0) is 24.6 Å².